The molecule has 1 N–H and O–H groups in total. The zero-order valence-corrected chi connectivity index (χ0v) is 16.6. The van der Waals surface area contributed by atoms with Crippen LogP contribution in [-0.2, 0) is 11.3 Å². The van der Waals surface area contributed by atoms with E-state index in [0.29, 0.717) is 12.6 Å². The minimum atomic E-state index is -0.566. The number of nitrogens with one attached hydrogen (secondary N) is 1. The molecular weight excluding hydrogens is 356 g/mol. The number of benzene rings is 2. The molecule has 0 amide bonds. The summed E-state index contributed by atoms with van der Waals surface area (Å²) in [6, 6.07) is 10.4. The van der Waals surface area contributed by atoms with E-state index in [1.54, 1.807) is 0 Å². The summed E-state index contributed by atoms with van der Waals surface area (Å²) in [5, 5.41) is 3.44. The Labute approximate surface area is 161 Å². The summed E-state index contributed by atoms with van der Waals surface area (Å²) in [5.74, 6) is -1.01. The molecule has 2 nitrogen and oxygen atoms in total. The second kappa shape index (κ2) is 10.6. The molecule has 0 aliphatic carbocycles. The molecule has 0 aliphatic heterocycles. The van der Waals surface area contributed by atoms with Crippen molar-refractivity contribution in [1.82, 2.24) is 5.32 Å². The van der Waals surface area contributed by atoms with E-state index in [-0.39, 0.29) is 30.5 Å². The predicted molar refractivity (Wildman–Crippen MR) is 105 cm³/mol. The van der Waals surface area contributed by atoms with E-state index in [1.165, 1.54) is 34.9 Å². The molecule has 2 aromatic carbocycles. The molecule has 0 heterocycles. The molecular formula is C21H28ClF2NO. The summed E-state index contributed by atoms with van der Waals surface area (Å²) in [4.78, 5) is 0. The van der Waals surface area contributed by atoms with Gasteiger partial charge in [0.05, 0.1) is 13.2 Å². The van der Waals surface area contributed by atoms with Gasteiger partial charge in [0.15, 0.2) is 0 Å². The molecule has 0 saturated carbocycles. The van der Waals surface area contributed by atoms with Gasteiger partial charge in [0, 0.05) is 24.1 Å². The molecule has 26 heavy (non-hydrogen) atoms. The zero-order valence-electron chi connectivity index (χ0n) is 15.8. The van der Waals surface area contributed by atoms with Crippen molar-refractivity contribution in [2.24, 2.45) is 0 Å². The first-order valence-electron chi connectivity index (χ1n) is 8.70. The van der Waals surface area contributed by atoms with Crippen molar-refractivity contribution in [3.63, 3.8) is 0 Å². The number of hydrogen-bond donors (Lipinski definition) is 1. The molecule has 5 heteroatoms. The van der Waals surface area contributed by atoms with Crippen molar-refractivity contribution < 1.29 is 13.5 Å². The van der Waals surface area contributed by atoms with Gasteiger partial charge in [-0.1, -0.05) is 38.1 Å². The van der Waals surface area contributed by atoms with Crippen LogP contribution < -0.4 is 5.32 Å². The van der Waals surface area contributed by atoms with Crippen molar-refractivity contribution in [3.8, 4) is 0 Å². The molecule has 0 saturated heterocycles. The van der Waals surface area contributed by atoms with Crippen LogP contribution >= 0.6 is 12.4 Å². The fourth-order valence-electron chi connectivity index (χ4n) is 3.07. The predicted octanol–water partition coefficient (Wildman–Crippen LogP) is 5.30. The van der Waals surface area contributed by atoms with Gasteiger partial charge < -0.3 is 10.1 Å². The van der Waals surface area contributed by atoms with E-state index < -0.39 is 11.6 Å². The van der Waals surface area contributed by atoms with Gasteiger partial charge in [0.25, 0.3) is 0 Å². The Bertz CT molecular complexity index is 666. The van der Waals surface area contributed by atoms with Crippen LogP contribution in [0.4, 0.5) is 8.78 Å². The van der Waals surface area contributed by atoms with Crippen LogP contribution in [0.15, 0.2) is 36.4 Å². The third-order valence-electron chi connectivity index (χ3n) is 4.35. The summed E-state index contributed by atoms with van der Waals surface area (Å²) in [7, 11) is 0. The Balaban J connectivity index is 0.00000338. The lowest BCUT2D eigenvalue weighted by Gasteiger charge is -2.23. The fourth-order valence-corrected chi connectivity index (χ4v) is 3.07. The average molecular weight is 384 g/mol. The summed E-state index contributed by atoms with van der Waals surface area (Å²) >= 11 is 0. The number of ether oxygens (including phenoxy) is 1. The topological polar surface area (TPSA) is 21.3 Å². The SMILES string of the molecule is Cc1cccc(C)c1C(CNC(C)C)COCc1c(F)cccc1F.Cl. The summed E-state index contributed by atoms with van der Waals surface area (Å²) in [6.07, 6.45) is 0. The number of rotatable bonds is 8. The molecule has 0 spiro atoms. The van der Waals surface area contributed by atoms with Gasteiger partial charge in [0.2, 0.25) is 0 Å². The van der Waals surface area contributed by atoms with E-state index in [9.17, 15) is 8.78 Å². The van der Waals surface area contributed by atoms with Crippen LogP contribution in [0.3, 0.4) is 0 Å². The molecule has 0 radical (unpaired) electrons. The maximum Gasteiger partial charge on any atom is 0.131 e. The first-order chi connectivity index (χ1) is 11.9. The second-order valence-corrected chi connectivity index (χ2v) is 6.78. The van der Waals surface area contributed by atoms with Crippen molar-refractivity contribution in [2.75, 3.05) is 13.2 Å². The van der Waals surface area contributed by atoms with Gasteiger partial charge in [-0.25, -0.2) is 8.78 Å². The first kappa shape index (κ1) is 22.6. The Morgan fingerprint density at radius 2 is 1.50 bits per heavy atom. The highest BCUT2D eigenvalue weighted by Gasteiger charge is 2.18. The summed E-state index contributed by atoms with van der Waals surface area (Å²) < 4.78 is 33.2. The zero-order chi connectivity index (χ0) is 18.4. The summed E-state index contributed by atoms with van der Waals surface area (Å²) in [6.45, 7) is 9.45. The highest BCUT2D eigenvalue weighted by atomic mass is 35.5. The third-order valence-corrected chi connectivity index (χ3v) is 4.35. The molecule has 1 atom stereocenters. The minimum absolute atomic E-state index is 0. The fraction of sp³-hybridized carbons (Fsp3) is 0.429. The van der Waals surface area contributed by atoms with Gasteiger partial charge in [-0.05, 0) is 42.7 Å². The highest BCUT2D eigenvalue weighted by Crippen LogP contribution is 2.25. The van der Waals surface area contributed by atoms with E-state index >= 15 is 0 Å². The average Bonchev–Trinajstić information content (AvgIpc) is 2.54. The molecule has 2 aromatic rings. The number of halogens is 3. The van der Waals surface area contributed by atoms with Gasteiger partial charge in [-0.2, -0.15) is 0 Å². The smallest absolute Gasteiger partial charge is 0.131 e. The largest absolute Gasteiger partial charge is 0.376 e. The molecule has 1 unspecified atom stereocenters. The molecule has 144 valence electrons. The Morgan fingerprint density at radius 3 is 2.04 bits per heavy atom. The van der Waals surface area contributed by atoms with E-state index in [0.717, 1.165) is 6.54 Å². The Hall–Kier alpha value is -1.49. The van der Waals surface area contributed by atoms with Gasteiger partial charge in [-0.3, -0.25) is 0 Å². The van der Waals surface area contributed by atoms with Crippen LogP contribution in [-0.4, -0.2) is 19.2 Å². The second-order valence-electron chi connectivity index (χ2n) is 6.78. The number of aryl methyl sites for hydroxylation is 2. The molecule has 0 aromatic heterocycles. The standard InChI is InChI=1S/C21H27F2NO.ClH/c1-14(2)24-11-17(21-15(3)7-5-8-16(21)4)12-25-13-18-19(22)9-6-10-20(18)23;/h5-10,14,17,24H,11-13H2,1-4H3;1H. The van der Waals surface area contributed by atoms with E-state index in [2.05, 4.69) is 45.1 Å². The quantitative estimate of drug-likeness (QED) is 0.667. The van der Waals surface area contributed by atoms with Gasteiger partial charge >= 0.3 is 0 Å². The van der Waals surface area contributed by atoms with Gasteiger partial charge in [-0.15, -0.1) is 12.4 Å². The van der Waals surface area contributed by atoms with Crippen molar-refractivity contribution in [3.05, 3.63) is 70.3 Å². The molecule has 0 bridgehead atoms. The highest BCUT2D eigenvalue weighted by molar-refractivity contribution is 5.85. The molecule has 0 aliphatic rings. The lowest BCUT2D eigenvalue weighted by molar-refractivity contribution is 0.101. The minimum Gasteiger partial charge on any atom is -0.376 e. The monoisotopic (exact) mass is 383 g/mol. The van der Waals surface area contributed by atoms with Crippen LogP contribution in [0, 0.1) is 25.5 Å². The Morgan fingerprint density at radius 1 is 0.962 bits per heavy atom. The van der Waals surface area contributed by atoms with Crippen LogP contribution in [0.25, 0.3) is 0 Å². The lowest BCUT2D eigenvalue weighted by atomic mass is 9.91. The third kappa shape index (κ3) is 6.04. The number of hydrogen-bond acceptors (Lipinski definition) is 2. The van der Waals surface area contributed by atoms with Crippen molar-refractivity contribution in [2.45, 2.75) is 46.3 Å². The Kier molecular flexibility index (Phi) is 9.20. The lowest BCUT2D eigenvalue weighted by Crippen LogP contribution is -2.30. The maximum absolute atomic E-state index is 13.7. The van der Waals surface area contributed by atoms with E-state index in [1.807, 2.05) is 6.07 Å². The van der Waals surface area contributed by atoms with Crippen LogP contribution in [0.5, 0.6) is 0 Å². The molecule has 0 fully saturated rings. The maximum atomic E-state index is 13.7. The van der Waals surface area contributed by atoms with Crippen molar-refractivity contribution >= 4 is 12.4 Å². The normalized spacial score (nSPS) is 12.1. The van der Waals surface area contributed by atoms with Gasteiger partial charge in [0.1, 0.15) is 11.6 Å². The summed E-state index contributed by atoms with van der Waals surface area (Å²) in [5.41, 5.74) is 3.64. The van der Waals surface area contributed by atoms with Crippen molar-refractivity contribution in [1.29, 1.82) is 0 Å². The van der Waals surface area contributed by atoms with Crippen LogP contribution in [0.1, 0.15) is 42.0 Å². The van der Waals surface area contributed by atoms with Crippen LogP contribution in [0.2, 0.25) is 0 Å². The molecule has 2 rings (SSSR count). The first-order valence-corrected chi connectivity index (χ1v) is 8.70. The van der Waals surface area contributed by atoms with E-state index in [4.69, 9.17) is 4.74 Å².